The van der Waals surface area contributed by atoms with Crippen molar-refractivity contribution in [3.8, 4) is 0 Å². The number of amides is 1. The van der Waals surface area contributed by atoms with Crippen molar-refractivity contribution in [1.82, 2.24) is 9.97 Å². The molecule has 1 aromatic carbocycles. The second-order valence-corrected chi connectivity index (χ2v) is 9.37. The molecule has 1 fully saturated rings. The fraction of sp³-hybridized carbons (Fsp3) is 0.480. The Morgan fingerprint density at radius 3 is 2.53 bits per heavy atom. The Balaban J connectivity index is 1.47. The largest absolute Gasteiger partial charge is 0.366 e. The number of nitro groups is 1. The first-order valence-electron chi connectivity index (χ1n) is 11.9. The summed E-state index contributed by atoms with van der Waals surface area (Å²) in [7, 11) is 4.03. The Kier molecular flexibility index (Phi) is 7.09. The third kappa shape index (κ3) is 5.18. The lowest BCUT2D eigenvalue weighted by molar-refractivity contribution is -0.385. The van der Waals surface area contributed by atoms with Crippen LogP contribution >= 0.6 is 0 Å². The predicted molar refractivity (Wildman–Crippen MR) is 133 cm³/mol. The maximum absolute atomic E-state index is 12.2. The number of hydrogen-bond donors (Lipinski definition) is 2. The first-order chi connectivity index (χ1) is 16.3. The fourth-order valence-corrected chi connectivity index (χ4v) is 5.07. The molecule has 34 heavy (non-hydrogen) atoms. The van der Waals surface area contributed by atoms with Crippen LogP contribution in [-0.2, 0) is 17.6 Å². The number of rotatable bonds is 7. The topological polar surface area (TPSA) is 127 Å². The molecule has 9 heteroatoms. The number of nitrogens with zero attached hydrogens (tertiary/aromatic N) is 4. The first kappa shape index (κ1) is 23.7. The highest BCUT2D eigenvalue weighted by Gasteiger charge is 2.28. The van der Waals surface area contributed by atoms with Gasteiger partial charge in [-0.2, -0.15) is 4.98 Å². The maximum atomic E-state index is 12.2. The van der Waals surface area contributed by atoms with Crippen LogP contribution in [0.4, 0.5) is 17.5 Å². The van der Waals surface area contributed by atoms with E-state index in [1.165, 1.54) is 18.1 Å². The molecule has 1 amide bonds. The molecule has 9 nitrogen and oxygen atoms in total. The van der Waals surface area contributed by atoms with Crippen molar-refractivity contribution in [2.75, 3.05) is 24.3 Å². The monoisotopic (exact) mass is 464 g/mol. The Hall–Kier alpha value is -3.49. The van der Waals surface area contributed by atoms with Gasteiger partial charge in [-0.25, -0.2) is 4.98 Å². The van der Waals surface area contributed by atoms with E-state index < -0.39 is 10.8 Å². The van der Waals surface area contributed by atoms with Crippen LogP contribution in [0.3, 0.4) is 0 Å². The second-order valence-electron chi connectivity index (χ2n) is 9.37. The number of carbonyl (C=O) groups excluding carboxylic acids is 1. The van der Waals surface area contributed by atoms with E-state index in [0.29, 0.717) is 17.1 Å². The molecule has 2 aliphatic rings. The molecular formula is C25H32N6O3. The number of anilines is 2. The average molecular weight is 465 g/mol. The number of nitrogens with two attached hydrogens (primary N) is 1. The van der Waals surface area contributed by atoms with Gasteiger partial charge in [0.2, 0.25) is 11.9 Å². The van der Waals surface area contributed by atoms with Gasteiger partial charge in [-0.3, -0.25) is 14.9 Å². The highest BCUT2D eigenvalue weighted by atomic mass is 16.6. The molecule has 180 valence electrons. The maximum Gasteiger partial charge on any atom is 0.276 e. The number of aryl methyl sites for hydroxylation is 1. The smallest absolute Gasteiger partial charge is 0.276 e. The molecule has 1 saturated carbocycles. The summed E-state index contributed by atoms with van der Waals surface area (Å²) in [6.07, 6.45) is 9.13. The number of nitro benzene ring substituents is 1. The molecule has 2 aromatic rings. The Labute approximate surface area is 199 Å². The molecule has 2 aliphatic carbocycles. The highest BCUT2D eigenvalue weighted by molar-refractivity contribution is 5.97. The molecular weight excluding hydrogens is 432 g/mol. The van der Waals surface area contributed by atoms with Crippen LogP contribution in [0.5, 0.6) is 0 Å². The van der Waals surface area contributed by atoms with Crippen molar-refractivity contribution in [3.63, 3.8) is 0 Å². The van der Waals surface area contributed by atoms with Gasteiger partial charge >= 0.3 is 0 Å². The van der Waals surface area contributed by atoms with Crippen LogP contribution in [0, 0.1) is 16.0 Å². The van der Waals surface area contributed by atoms with Gasteiger partial charge in [-0.15, -0.1) is 0 Å². The van der Waals surface area contributed by atoms with E-state index in [0.717, 1.165) is 56.5 Å². The Morgan fingerprint density at radius 1 is 1.15 bits per heavy atom. The number of primary amides is 1. The van der Waals surface area contributed by atoms with Gasteiger partial charge in [-0.1, -0.05) is 12.1 Å². The minimum Gasteiger partial charge on any atom is -0.366 e. The van der Waals surface area contributed by atoms with Gasteiger partial charge in [-0.05, 0) is 69.4 Å². The zero-order valence-electron chi connectivity index (χ0n) is 19.8. The number of aromatic nitrogens is 2. The van der Waals surface area contributed by atoms with Gasteiger partial charge in [0.05, 0.1) is 16.2 Å². The number of para-hydroxylation sites is 1. The molecule has 0 atom stereocenters. The summed E-state index contributed by atoms with van der Waals surface area (Å²) in [5.41, 5.74) is 8.92. The summed E-state index contributed by atoms with van der Waals surface area (Å²) in [4.78, 5) is 34.8. The number of fused-ring (bicyclic) bond motifs is 1. The van der Waals surface area contributed by atoms with E-state index in [2.05, 4.69) is 10.2 Å². The minimum absolute atomic E-state index is 0.0298. The zero-order valence-corrected chi connectivity index (χ0v) is 19.8. The van der Waals surface area contributed by atoms with Crippen molar-refractivity contribution in [1.29, 1.82) is 0 Å². The molecule has 0 spiro atoms. The van der Waals surface area contributed by atoms with Crippen molar-refractivity contribution >= 4 is 29.4 Å². The SMILES string of the molecule is CN(C)c1nc(NC2CCC(/C(=C/c3ccccc3[N+](=O)[O-])C(N)=O)CC2)nc2c1CCCC2. The quantitative estimate of drug-likeness (QED) is 0.362. The summed E-state index contributed by atoms with van der Waals surface area (Å²) in [6, 6.07) is 6.61. The third-order valence-electron chi connectivity index (χ3n) is 6.81. The van der Waals surface area contributed by atoms with E-state index >= 15 is 0 Å². The van der Waals surface area contributed by atoms with Crippen molar-refractivity contribution < 1.29 is 9.72 Å². The number of benzene rings is 1. The molecule has 0 bridgehead atoms. The summed E-state index contributed by atoms with van der Waals surface area (Å²) < 4.78 is 0. The van der Waals surface area contributed by atoms with Crippen LogP contribution in [0.25, 0.3) is 6.08 Å². The van der Waals surface area contributed by atoms with E-state index in [4.69, 9.17) is 15.7 Å². The molecule has 3 N–H and O–H groups in total. The summed E-state index contributed by atoms with van der Waals surface area (Å²) in [6.45, 7) is 0. The molecule has 0 radical (unpaired) electrons. The molecule has 1 aromatic heterocycles. The molecule has 0 aliphatic heterocycles. The number of nitrogens with one attached hydrogen (secondary N) is 1. The highest BCUT2D eigenvalue weighted by Crippen LogP contribution is 2.34. The van der Waals surface area contributed by atoms with Gasteiger partial charge < -0.3 is 16.0 Å². The lowest BCUT2D eigenvalue weighted by atomic mass is 9.80. The lowest BCUT2D eigenvalue weighted by Crippen LogP contribution is -2.31. The Bertz CT molecular complexity index is 1110. The molecule has 1 heterocycles. The van der Waals surface area contributed by atoms with Crippen molar-refractivity contribution in [3.05, 3.63) is 56.8 Å². The van der Waals surface area contributed by atoms with E-state index in [1.54, 1.807) is 24.3 Å². The second kappa shape index (κ2) is 10.2. The van der Waals surface area contributed by atoms with Crippen molar-refractivity contribution in [2.24, 2.45) is 11.7 Å². The summed E-state index contributed by atoms with van der Waals surface area (Å²) >= 11 is 0. The lowest BCUT2D eigenvalue weighted by Gasteiger charge is -2.30. The standard InChI is InChI=1S/C25H32N6O3/c1-30(2)24-19-8-4-5-9-21(19)28-25(29-24)27-18-13-11-16(12-14-18)20(23(26)32)15-17-7-3-6-10-22(17)31(33)34/h3,6-7,10,15-16,18H,4-5,8-9,11-14H2,1-2H3,(H2,26,32)(H,27,28,29)/b20-15-. The summed E-state index contributed by atoms with van der Waals surface area (Å²) in [5.74, 6) is 1.10. The first-order valence-corrected chi connectivity index (χ1v) is 11.9. The summed E-state index contributed by atoms with van der Waals surface area (Å²) in [5, 5.41) is 14.9. The number of carbonyl (C=O) groups is 1. The predicted octanol–water partition coefficient (Wildman–Crippen LogP) is 3.87. The third-order valence-corrected chi connectivity index (χ3v) is 6.81. The minimum atomic E-state index is -0.525. The molecule has 0 saturated heterocycles. The van der Waals surface area contributed by atoms with Crippen LogP contribution in [0.2, 0.25) is 0 Å². The fourth-order valence-electron chi connectivity index (χ4n) is 5.07. The van der Waals surface area contributed by atoms with Gasteiger partial charge in [0.1, 0.15) is 5.82 Å². The molecule has 0 unspecified atom stereocenters. The van der Waals surface area contributed by atoms with Crippen LogP contribution in [-0.4, -0.2) is 40.9 Å². The van der Waals surface area contributed by atoms with E-state index in [-0.39, 0.29) is 17.6 Å². The molecule has 4 rings (SSSR count). The van der Waals surface area contributed by atoms with Crippen LogP contribution in [0.1, 0.15) is 55.3 Å². The van der Waals surface area contributed by atoms with Gasteiger partial charge in [0.15, 0.2) is 0 Å². The Morgan fingerprint density at radius 2 is 1.85 bits per heavy atom. The van der Waals surface area contributed by atoms with Crippen molar-refractivity contribution in [2.45, 2.75) is 57.4 Å². The van der Waals surface area contributed by atoms with Crippen LogP contribution in [0.15, 0.2) is 29.8 Å². The van der Waals surface area contributed by atoms with Crippen LogP contribution < -0.4 is 16.0 Å². The van der Waals surface area contributed by atoms with Gasteiger partial charge in [0.25, 0.3) is 5.69 Å². The normalized spacial score (nSPS) is 20.4. The zero-order chi connectivity index (χ0) is 24.2. The number of hydrogen-bond acceptors (Lipinski definition) is 7. The van der Waals surface area contributed by atoms with E-state index in [1.807, 2.05) is 14.1 Å². The average Bonchev–Trinajstić information content (AvgIpc) is 2.82. The van der Waals surface area contributed by atoms with E-state index in [9.17, 15) is 14.9 Å². The van der Waals surface area contributed by atoms with Gasteiger partial charge in [0, 0.05) is 37.3 Å².